The second-order valence-corrected chi connectivity index (χ2v) is 5.54. The van der Waals surface area contributed by atoms with E-state index in [1.165, 1.54) is 0 Å². The summed E-state index contributed by atoms with van der Waals surface area (Å²) in [6.07, 6.45) is 3.73. The summed E-state index contributed by atoms with van der Waals surface area (Å²) in [5, 5.41) is 5.75. The van der Waals surface area contributed by atoms with Crippen molar-refractivity contribution in [3.63, 3.8) is 0 Å². The molecule has 102 valence electrons. The summed E-state index contributed by atoms with van der Waals surface area (Å²) in [6.45, 7) is 2.00. The van der Waals surface area contributed by atoms with E-state index in [1.54, 1.807) is 0 Å². The summed E-state index contributed by atoms with van der Waals surface area (Å²) < 4.78 is 0. The minimum absolute atomic E-state index is 0.251. The molecule has 5 heteroatoms. The molecule has 4 nitrogen and oxygen atoms in total. The Morgan fingerprint density at radius 1 is 1.26 bits per heavy atom. The lowest BCUT2D eigenvalue weighted by Crippen LogP contribution is -2.55. The third-order valence-electron chi connectivity index (χ3n) is 3.59. The third kappa shape index (κ3) is 3.23. The minimum Gasteiger partial charge on any atom is -0.391 e. The van der Waals surface area contributed by atoms with Gasteiger partial charge in [-0.2, -0.15) is 0 Å². The molecule has 2 rings (SSSR count). The van der Waals surface area contributed by atoms with Gasteiger partial charge in [0.25, 0.3) is 0 Å². The lowest BCUT2D eigenvalue weighted by atomic mass is 9.98. The fourth-order valence-corrected chi connectivity index (χ4v) is 2.68. The average molecular weight is 277 g/mol. The molecule has 0 heterocycles. The number of thiocarbonyl (C=S) groups is 1. The number of benzene rings is 1. The molecular weight excluding hydrogens is 258 g/mol. The van der Waals surface area contributed by atoms with Crippen LogP contribution in [-0.4, -0.2) is 16.6 Å². The number of anilines is 1. The van der Waals surface area contributed by atoms with Gasteiger partial charge in [0.1, 0.15) is 0 Å². The summed E-state index contributed by atoms with van der Waals surface area (Å²) in [5.74, 6) is 0. The van der Waals surface area contributed by atoms with Crippen LogP contribution in [0.2, 0.25) is 0 Å². The zero-order chi connectivity index (χ0) is 13.9. The summed E-state index contributed by atoms with van der Waals surface area (Å²) >= 11 is 5.10. The summed E-state index contributed by atoms with van der Waals surface area (Å²) in [7, 11) is 0. The number of carbonyl (C=O) groups excluding carboxylic acids is 1. The van der Waals surface area contributed by atoms with Gasteiger partial charge in [-0.25, -0.2) is 4.79 Å². The van der Waals surface area contributed by atoms with Gasteiger partial charge in [-0.05, 0) is 31.9 Å². The lowest BCUT2D eigenvalue weighted by Gasteiger charge is -2.29. The van der Waals surface area contributed by atoms with Crippen LogP contribution in [-0.2, 0) is 0 Å². The standard InChI is InChI=1S/C14H19N3OS/c1-10-4-6-11(7-5-10)16-13(18)17-14(12(15)19)8-2-3-9-14/h4-7H,2-3,8-9H2,1H3,(H2,15,19)(H2,16,17,18). The highest BCUT2D eigenvalue weighted by atomic mass is 32.1. The summed E-state index contributed by atoms with van der Waals surface area (Å²) in [5.41, 5.74) is 7.19. The highest BCUT2D eigenvalue weighted by Crippen LogP contribution is 2.30. The molecule has 1 aromatic carbocycles. The van der Waals surface area contributed by atoms with Gasteiger partial charge in [0.05, 0.1) is 10.5 Å². The molecule has 2 amide bonds. The Balaban J connectivity index is 2.00. The topological polar surface area (TPSA) is 67.2 Å². The molecule has 0 radical (unpaired) electrons. The van der Waals surface area contributed by atoms with Gasteiger partial charge >= 0.3 is 6.03 Å². The first-order valence-electron chi connectivity index (χ1n) is 6.48. The molecule has 1 aromatic rings. The van der Waals surface area contributed by atoms with Crippen molar-refractivity contribution in [2.45, 2.75) is 38.1 Å². The van der Waals surface area contributed by atoms with Crippen molar-refractivity contribution >= 4 is 28.9 Å². The number of aryl methyl sites for hydroxylation is 1. The van der Waals surface area contributed by atoms with E-state index in [0.29, 0.717) is 4.99 Å². The van der Waals surface area contributed by atoms with Crippen LogP contribution in [0, 0.1) is 6.92 Å². The van der Waals surface area contributed by atoms with E-state index in [1.807, 2.05) is 31.2 Å². The summed E-state index contributed by atoms with van der Waals surface area (Å²) in [6, 6.07) is 7.40. The van der Waals surface area contributed by atoms with Crippen LogP contribution in [0.5, 0.6) is 0 Å². The van der Waals surface area contributed by atoms with Crippen LogP contribution in [0.1, 0.15) is 31.2 Å². The van der Waals surface area contributed by atoms with E-state index >= 15 is 0 Å². The first-order chi connectivity index (χ1) is 9.02. The Kier molecular flexibility index (Phi) is 4.04. The number of amides is 2. The number of carbonyl (C=O) groups is 1. The third-order valence-corrected chi connectivity index (χ3v) is 3.98. The van der Waals surface area contributed by atoms with Gasteiger partial charge in [0.15, 0.2) is 0 Å². The van der Waals surface area contributed by atoms with Gasteiger partial charge in [0.2, 0.25) is 0 Å². The Morgan fingerprint density at radius 2 is 1.84 bits per heavy atom. The van der Waals surface area contributed by atoms with Crippen molar-refractivity contribution < 1.29 is 4.79 Å². The van der Waals surface area contributed by atoms with Crippen molar-refractivity contribution in [2.24, 2.45) is 5.73 Å². The van der Waals surface area contributed by atoms with Gasteiger partial charge in [-0.1, -0.05) is 42.8 Å². The van der Waals surface area contributed by atoms with E-state index in [0.717, 1.165) is 36.9 Å². The maximum absolute atomic E-state index is 12.0. The van der Waals surface area contributed by atoms with Crippen molar-refractivity contribution in [3.8, 4) is 0 Å². The first kappa shape index (κ1) is 13.8. The molecule has 1 aliphatic rings. The van der Waals surface area contributed by atoms with E-state index in [2.05, 4.69) is 10.6 Å². The van der Waals surface area contributed by atoms with Crippen LogP contribution in [0.4, 0.5) is 10.5 Å². The van der Waals surface area contributed by atoms with Crippen LogP contribution >= 0.6 is 12.2 Å². The van der Waals surface area contributed by atoms with Crippen LogP contribution < -0.4 is 16.4 Å². The molecule has 4 N–H and O–H groups in total. The number of hydrogen-bond donors (Lipinski definition) is 3. The van der Waals surface area contributed by atoms with Crippen molar-refractivity contribution in [3.05, 3.63) is 29.8 Å². The zero-order valence-corrected chi connectivity index (χ0v) is 11.8. The first-order valence-corrected chi connectivity index (χ1v) is 6.88. The fraction of sp³-hybridized carbons (Fsp3) is 0.429. The smallest absolute Gasteiger partial charge is 0.320 e. The van der Waals surface area contributed by atoms with Crippen molar-refractivity contribution in [1.29, 1.82) is 0 Å². The summed E-state index contributed by atoms with van der Waals surface area (Å²) in [4.78, 5) is 12.4. The van der Waals surface area contributed by atoms with E-state index < -0.39 is 5.54 Å². The van der Waals surface area contributed by atoms with Gasteiger partial charge in [-0.15, -0.1) is 0 Å². The predicted molar refractivity (Wildman–Crippen MR) is 81.3 cm³/mol. The second-order valence-electron chi connectivity index (χ2n) is 5.10. The lowest BCUT2D eigenvalue weighted by molar-refractivity contribution is 0.245. The normalized spacial score (nSPS) is 16.9. The number of hydrogen-bond acceptors (Lipinski definition) is 2. The number of urea groups is 1. The molecule has 0 bridgehead atoms. The van der Waals surface area contributed by atoms with Gasteiger partial charge in [-0.3, -0.25) is 0 Å². The monoisotopic (exact) mass is 277 g/mol. The molecule has 0 unspecified atom stereocenters. The Bertz CT molecular complexity index is 478. The second kappa shape index (κ2) is 5.57. The SMILES string of the molecule is Cc1ccc(NC(=O)NC2(C(N)=S)CCCC2)cc1. The molecular formula is C14H19N3OS. The molecule has 0 spiro atoms. The molecule has 1 fully saturated rings. The molecule has 1 aliphatic carbocycles. The largest absolute Gasteiger partial charge is 0.391 e. The Labute approximate surface area is 118 Å². The van der Waals surface area contributed by atoms with Gasteiger partial charge < -0.3 is 16.4 Å². The van der Waals surface area contributed by atoms with E-state index in [4.69, 9.17) is 18.0 Å². The highest BCUT2D eigenvalue weighted by molar-refractivity contribution is 7.80. The minimum atomic E-state index is -0.510. The molecule has 0 atom stereocenters. The Morgan fingerprint density at radius 3 is 2.37 bits per heavy atom. The molecule has 0 saturated heterocycles. The van der Waals surface area contributed by atoms with E-state index in [9.17, 15) is 4.79 Å². The molecule has 0 aromatic heterocycles. The van der Waals surface area contributed by atoms with Crippen molar-refractivity contribution in [2.75, 3.05) is 5.32 Å². The zero-order valence-electron chi connectivity index (χ0n) is 11.0. The van der Waals surface area contributed by atoms with Crippen LogP contribution in [0.3, 0.4) is 0 Å². The van der Waals surface area contributed by atoms with Crippen LogP contribution in [0.25, 0.3) is 0 Å². The molecule has 19 heavy (non-hydrogen) atoms. The number of rotatable bonds is 3. The maximum atomic E-state index is 12.0. The fourth-order valence-electron chi connectivity index (χ4n) is 2.43. The van der Waals surface area contributed by atoms with E-state index in [-0.39, 0.29) is 6.03 Å². The van der Waals surface area contributed by atoms with Crippen LogP contribution in [0.15, 0.2) is 24.3 Å². The predicted octanol–water partition coefficient (Wildman–Crippen LogP) is 2.72. The average Bonchev–Trinajstić information content (AvgIpc) is 2.82. The van der Waals surface area contributed by atoms with Gasteiger partial charge in [0, 0.05) is 5.69 Å². The quantitative estimate of drug-likeness (QED) is 0.744. The van der Waals surface area contributed by atoms with Crippen molar-refractivity contribution in [1.82, 2.24) is 5.32 Å². The maximum Gasteiger partial charge on any atom is 0.320 e. The highest BCUT2D eigenvalue weighted by Gasteiger charge is 2.38. The number of nitrogens with one attached hydrogen (secondary N) is 2. The molecule has 1 saturated carbocycles. The Hall–Kier alpha value is -1.62. The number of nitrogens with two attached hydrogens (primary N) is 1. The molecule has 0 aliphatic heterocycles.